The zero-order chi connectivity index (χ0) is 13.5. The summed E-state index contributed by atoms with van der Waals surface area (Å²) in [6.45, 7) is 4.63. The minimum Gasteiger partial charge on any atom is -0.495 e. The lowest BCUT2D eigenvalue weighted by atomic mass is 10.1. The molecular weight excluding hydrogens is 230 g/mol. The molecule has 0 amide bonds. The van der Waals surface area contributed by atoms with Gasteiger partial charge in [-0.3, -0.25) is 0 Å². The third kappa shape index (κ3) is 3.95. The summed E-state index contributed by atoms with van der Waals surface area (Å²) in [5.41, 5.74) is 6.66. The number of hydrogen-bond donors (Lipinski definition) is 1. The van der Waals surface area contributed by atoms with Gasteiger partial charge in [-0.25, -0.2) is 4.79 Å². The Morgan fingerprint density at radius 3 is 2.78 bits per heavy atom. The molecule has 0 bridgehead atoms. The SMILES string of the molecule is CCCC(C)COC(=O)c1ccc(N)c(OC)c1. The van der Waals surface area contributed by atoms with E-state index in [0.717, 1.165) is 12.8 Å². The summed E-state index contributed by atoms with van der Waals surface area (Å²) in [6.07, 6.45) is 2.15. The van der Waals surface area contributed by atoms with E-state index in [1.807, 2.05) is 0 Å². The van der Waals surface area contributed by atoms with E-state index in [9.17, 15) is 4.79 Å². The Balaban J connectivity index is 2.61. The maximum atomic E-state index is 11.8. The minimum absolute atomic E-state index is 0.337. The highest BCUT2D eigenvalue weighted by Crippen LogP contribution is 2.22. The Hall–Kier alpha value is -1.71. The molecule has 2 N–H and O–H groups in total. The number of ether oxygens (including phenoxy) is 2. The van der Waals surface area contributed by atoms with Crippen LogP contribution >= 0.6 is 0 Å². The van der Waals surface area contributed by atoms with Crippen molar-refractivity contribution in [1.82, 2.24) is 0 Å². The average Bonchev–Trinajstić information content (AvgIpc) is 2.37. The van der Waals surface area contributed by atoms with Crippen LogP contribution in [0.5, 0.6) is 5.75 Å². The van der Waals surface area contributed by atoms with Gasteiger partial charge in [0.2, 0.25) is 0 Å². The highest BCUT2D eigenvalue weighted by Gasteiger charge is 2.11. The van der Waals surface area contributed by atoms with Crippen LogP contribution in [0.2, 0.25) is 0 Å². The van der Waals surface area contributed by atoms with E-state index < -0.39 is 0 Å². The van der Waals surface area contributed by atoms with Gasteiger partial charge >= 0.3 is 5.97 Å². The first kappa shape index (κ1) is 14.4. The largest absolute Gasteiger partial charge is 0.495 e. The molecule has 0 aromatic heterocycles. The highest BCUT2D eigenvalue weighted by molar-refractivity contribution is 5.90. The second-order valence-electron chi connectivity index (χ2n) is 4.45. The molecule has 0 saturated heterocycles. The summed E-state index contributed by atoms with van der Waals surface area (Å²) < 4.78 is 10.3. The summed E-state index contributed by atoms with van der Waals surface area (Å²) in [4.78, 5) is 11.8. The number of rotatable bonds is 6. The fourth-order valence-electron chi connectivity index (χ4n) is 1.72. The maximum absolute atomic E-state index is 11.8. The van der Waals surface area contributed by atoms with Gasteiger partial charge in [0.1, 0.15) is 5.75 Å². The molecular formula is C14H21NO3. The van der Waals surface area contributed by atoms with Crippen LogP contribution in [-0.2, 0) is 4.74 Å². The molecule has 0 radical (unpaired) electrons. The summed E-state index contributed by atoms with van der Waals surface area (Å²) in [6, 6.07) is 4.89. The van der Waals surface area contributed by atoms with Crippen molar-refractivity contribution in [3.05, 3.63) is 23.8 Å². The molecule has 4 nitrogen and oxygen atoms in total. The summed E-state index contributed by atoms with van der Waals surface area (Å²) >= 11 is 0. The Morgan fingerprint density at radius 1 is 1.44 bits per heavy atom. The number of benzene rings is 1. The van der Waals surface area contributed by atoms with E-state index in [2.05, 4.69) is 13.8 Å². The third-order valence-electron chi connectivity index (χ3n) is 2.75. The van der Waals surface area contributed by atoms with E-state index >= 15 is 0 Å². The van der Waals surface area contributed by atoms with Crippen LogP contribution in [0, 0.1) is 5.92 Å². The molecule has 0 saturated carbocycles. The van der Waals surface area contributed by atoms with Crippen LogP contribution in [0.15, 0.2) is 18.2 Å². The van der Waals surface area contributed by atoms with Crippen molar-refractivity contribution in [2.24, 2.45) is 5.92 Å². The first-order valence-corrected chi connectivity index (χ1v) is 6.19. The van der Waals surface area contributed by atoms with Crippen LogP contribution in [0.25, 0.3) is 0 Å². The number of methoxy groups -OCH3 is 1. The van der Waals surface area contributed by atoms with Gasteiger partial charge in [-0.2, -0.15) is 0 Å². The zero-order valence-electron chi connectivity index (χ0n) is 11.2. The number of esters is 1. The van der Waals surface area contributed by atoms with Crippen LogP contribution in [0.1, 0.15) is 37.0 Å². The van der Waals surface area contributed by atoms with Crippen molar-refractivity contribution in [3.8, 4) is 5.75 Å². The van der Waals surface area contributed by atoms with E-state index in [4.69, 9.17) is 15.2 Å². The van der Waals surface area contributed by atoms with Crippen molar-refractivity contribution in [2.45, 2.75) is 26.7 Å². The predicted octanol–water partition coefficient (Wildman–Crippen LogP) is 2.87. The monoisotopic (exact) mass is 251 g/mol. The van der Waals surface area contributed by atoms with Gasteiger partial charge in [0, 0.05) is 0 Å². The topological polar surface area (TPSA) is 61.5 Å². The minimum atomic E-state index is -0.337. The summed E-state index contributed by atoms with van der Waals surface area (Å²) in [7, 11) is 1.52. The molecule has 1 unspecified atom stereocenters. The van der Waals surface area contributed by atoms with E-state index in [1.54, 1.807) is 18.2 Å². The van der Waals surface area contributed by atoms with Gasteiger partial charge in [-0.05, 0) is 30.5 Å². The van der Waals surface area contributed by atoms with Crippen LogP contribution in [-0.4, -0.2) is 19.7 Å². The van der Waals surface area contributed by atoms with Crippen molar-refractivity contribution < 1.29 is 14.3 Å². The maximum Gasteiger partial charge on any atom is 0.338 e. The molecule has 0 fully saturated rings. The van der Waals surface area contributed by atoms with E-state index in [1.165, 1.54) is 7.11 Å². The fraction of sp³-hybridized carbons (Fsp3) is 0.500. The Morgan fingerprint density at radius 2 is 2.17 bits per heavy atom. The van der Waals surface area contributed by atoms with Gasteiger partial charge in [0.05, 0.1) is 25.0 Å². The first-order chi connectivity index (χ1) is 8.58. The molecule has 1 aromatic carbocycles. The molecule has 0 aliphatic carbocycles. The second-order valence-corrected chi connectivity index (χ2v) is 4.45. The number of carbonyl (C=O) groups excluding carboxylic acids is 1. The molecule has 4 heteroatoms. The highest BCUT2D eigenvalue weighted by atomic mass is 16.5. The Bertz CT molecular complexity index is 404. The van der Waals surface area contributed by atoms with Gasteiger partial charge in [0.15, 0.2) is 0 Å². The average molecular weight is 251 g/mol. The lowest BCUT2D eigenvalue weighted by Gasteiger charge is -2.11. The van der Waals surface area contributed by atoms with Crippen LogP contribution in [0.4, 0.5) is 5.69 Å². The molecule has 100 valence electrons. The first-order valence-electron chi connectivity index (χ1n) is 6.19. The fourth-order valence-corrected chi connectivity index (χ4v) is 1.72. The van der Waals surface area contributed by atoms with Gasteiger partial charge in [0.25, 0.3) is 0 Å². The second kappa shape index (κ2) is 6.89. The van der Waals surface area contributed by atoms with Crippen molar-refractivity contribution in [1.29, 1.82) is 0 Å². The number of carbonyl (C=O) groups is 1. The van der Waals surface area contributed by atoms with E-state index in [0.29, 0.717) is 29.5 Å². The Kier molecular flexibility index (Phi) is 5.49. The molecule has 18 heavy (non-hydrogen) atoms. The molecule has 1 rings (SSSR count). The van der Waals surface area contributed by atoms with Crippen LogP contribution in [0.3, 0.4) is 0 Å². The standard InChI is InChI=1S/C14H21NO3/c1-4-5-10(2)9-18-14(16)11-6-7-12(15)13(8-11)17-3/h6-8,10H,4-5,9,15H2,1-3H3. The molecule has 0 spiro atoms. The van der Waals surface area contributed by atoms with Gasteiger partial charge < -0.3 is 15.2 Å². The Labute approximate surface area is 108 Å². The molecule has 1 aromatic rings. The lowest BCUT2D eigenvalue weighted by molar-refractivity contribution is 0.0443. The van der Waals surface area contributed by atoms with E-state index in [-0.39, 0.29) is 5.97 Å². The summed E-state index contributed by atoms with van der Waals surface area (Å²) in [5.74, 6) is 0.539. The van der Waals surface area contributed by atoms with Crippen LogP contribution < -0.4 is 10.5 Å². The number of anilines is 1. The van der Waals surface area contributed by atoms with Gasteiger partial charge in [-0.15, -0.1) is 0 Å². The zero-order valence-corrected chi connectivity index (χ0v) is 11.2. The lowest BCUT2D eigenvalue weighted by Crippen LogP contribution is -2.12. The molecule has 0 heterocycles. The van der Waals surface area contributed by atoms with Crippen molar-refractivity contribution >= 4 is 11.7 Å². The molecule has 1 atom stereocenters. The van der Waals surface area contributed by atoms with Crippen molar-refractivity contribution in [2.75, 3.05) is 19.5 Å². The summed E-state index contributed by atoms with van der Waals surface area (Å²) in [5, 5.41) is 0. The third-order valence-corrected chi connectivity index (χ3v) is 2.75. The predicted molar refractivity (Wildman–Crippen MR) is 71.8 cm³/mol. The smallest absolute Gasteiger partial charge is 0.338 e. The molecule has 0 aliphatic rings. The number of hydrogen-bond acceptors (Lipinski definition) is 4. The quantitative estimate of drug-likeness (QED) is 0.623. The number of nitrogens with two attached hydrogens (primary N) is 1. The molecule has 0 aliphatic heterocycles. The van der Waals surface area contributed by atoms with Gasteiger partial charge in [-0.1, -0.05) is 20.3 Å². The number of nitrogen functional groups attached to an aromatic ring is 1. The normalized spacial score (nSPS) is 11.9. The van der Waals surface area contributed by atoms with Crippen molar-refractivity contribution in [3.63, 3.8) is 0 Å².